The molecule has 0 aliphatic rings. The molecule has 0 bridgehead atoms. The van der Waals surface area contributed by atoms with Crippen LogP contribution in [0.1, 0.15) is 5.56 Å². The van der Waals surface area contributed by atoms with E-state index in [0.717, 1.165) is 23.8 Å². The van der Waals surface area contributed by atoms with Crippen LogP contribution < -0.4 is 5.32 Å². The molecule has 0 radical (unpaired) electrons. The Morgan fingerprint density at radius 1 is 1.40 bits per heavy atom. The fourth-order valence-electron chi connectivity index (χ4n) is 2.26. The minimum Gasteiger partial charge on any atom is -0.361 e. The van der Waals surface area contributed by atoms with Gasteiger partial charge in [-0.3, -0.25) is 4.79 Å². The van der Waals surface area contributed by atoms with Crippen LogP contribution in [0, 0.1) is 0 Å². The minimum atomic E-state index is -0.0561. The van der Waals surface area contributed by atoms with Crippen molar-refractivity contribution in [3.8, 4) is 0 Å². The average molecular weight is 273 g/mol. The number of hydrogen-bond donors (Lipinski definition) is 2. The number of nitrogens with one attached hydrogen (secondary N) is 2. The number of benzene rings is 1. The fourth-order valence-corrected chi connectivity index (χ4v) is 2.26. The summed E-state index contributed by atoms with van der Waals surface area (Å²) in [5.74, 6) is -0.0561. The van der Waals surface area contributed by atoms with Gasteiger partial charge in [-0.2, -0.15) is 0 Å². The Morgan fingerprint density at radius 3 is 2.95 bits per heavy atom. The van der Waals surface area contributed by atoms with E-state index in [1.807, 2.05) is 24.4 Å². The van der Waals surface area contributed by atoms with Crippen molar-refractivity contribution in [1.29, 1.82) is 0 Å². The second-order valence-electron chi connectivity index (χ2n) is 4.65. The van der Waals surface area contributed by atoms with Crippen LogP contribution in [-0.2, 0) is 16.0 Å². The lowest BCUT2D eigenvalue weighted by molar-refractivity contribution is -0.132. The van der Waals surface area contributed by atoms with Crippen molar-refractivity contribution in [2.45, 2.75) is 6.42 Å². The molecule has 2 N–H and O–H groups in total. The van der Waals surface area contributed by atoms with Gasteiger partial charge in [0.2, 0.25) is 5.91 Å². The van der Waals surface area contributed by atoms with E-state index in [-0.39, 0.29) is 19.0 Å². The molecule has 2 aromatic rings. The highest BCUT2D eigenvalue weighted by molar-refractivity contribution is 5.83. The van der Waals surface area contributed by atoms with Crippen LogP contribution in [0.5, 0.6) is 0 Å². The number of carbonyl (C=O) groups excluding carboxylic acids is 2. The topological polar surface area (TPSA) is 65.2 Å². The normalized spacial score (nSPS) is 10.7. The van der Waals surface area contributed by atoms with Gasteiger partial charge in [-0.1, -0.05) is 18.2 Å². The maximum Gasteiger partial charge on any atom is 0.236 e. The van der Waals surface area contributed by atoms with Gasteiger partial charge in [0.15, 0.2) is 0 Å². The summed E-state index contributed by atoms with van der Waals surface area (Å²) >= 11 is 0. The van der Waals surface area contributed by atoms with Crippen LogP contribution in [0.15, 0.2) is 30.5 Å². The van der Waals surface area contributed by atoms with Crippen LogP contribution in [0.3, 0.4) is 0 Å². The van der Waals surface area contributed by atoms with Gasteiger partial charge in [0.05, 0.1) is 13.1 Å². The standard InChI is InChI=1S/C15H19N3O2/c1-16-11-15(20)18(8-9-19)7-6-12-10-17-14-5-3-2-4-13(12)14/h2-5,9-10,16-17H,6-8,11H2,1H3. The average Bonchev–Trinajstić information content (AvgIpc) is 2.87. The first-order valence-corrected chi connectivity index (χ1v) is 6.67. The lowest BCUT2D eigenvalue weighted by Crippen LogP contribution is -2.39. The zero-order chi connectivity index (χ0) is 14.4. The number of fused-ring (bicyclic) bond motifs is 1. The van der Waals surface area contributed by atoms with Gasteiger partial charge in [0.25, 0.3) is 0 Å². The van der Waals surface area contributed by atoms with E-state index in [9.17, 15) is 9.59 Å². The van der Waals surface area contributed by atoms with Crippen molar-refractivity contribution >= 4 is 23.1 Å². The number of H-pyrrole nitrogens is 1. The Labute approximate surface area is 118 Å². The molecule has 5 nitrogen and oxygen atoms in total. The second kappa shape index (κ2) is 6.86. The van der Waals surface area contributed by atoms with Gasteiger partial charge < -0.3 is 20.0 Å². The van der Waals surface area contributed by atoms with E-state index in [0.29, 0.717) is 6.54 Å². The quantitative estimate of drug-likeness (QED) is 0.738. The third-order valence-electron chi connectivity index (χ3n) is 3.30. The number of rotatable bonds is 7. The molecule has 1 aromatic heterocycles. The molecule has 0 spiro atoms. The molecule has 1 heterocycles. The number of hydrogen-bond acceptors (Lipinski definition) is 3. The van der Waals surface area contributed by atoms with E-state index < -0.39 is 0 Å². The number of aldehydes is 1. The molecule has 2 rings (SSSR count). The molecule has 5 heteroatoms. The summed E-state index contributed by atoms with van der Waals surface area (Å²) < 4.78 is 0. The van der Waals surface area contributed by atoms with Gasteiger partial charge in [-0.15, -0.1) is 0 Å². The number of aromatic amines is 1. The Morgan fingerprint density at radius 2 is 2.20 bits per heavy atom. The summed E-state index contributed by atoms with van der Waals surface area (Å²) in [6, 6.07) is 8.06. The molecule has 0 fully saturated rings. The van der Waals surface area contributed by atoms with Gasteiger partial charge in [-0.05, 0) is 25.1 Å². The SMILES string of the molecule is CNCC(=O)N(CC=O)CCc1c[nH]c2ccccc12. The van der Waals surface area contributed by atoms with Crippen molar-refractivity contribution in [2.24, 2.45) is 0 Å². The first-order chi connectivity index (χ1) is 9.76. The number of carbonyl (C=O) groups is 2. The summed E-state index contributed by atoms with van der Waals surface area (Å²) in [4.78, 5) is 27.3. The van der Waals surface area contributed by atoms with Crippen LogP contribution in [0.4, 0.5) is 0 Å². The molecule has 20 heavy (non-hydrogen) atoms. The Hall–Kier alpha value is -2.14. The molecule has 0 saturated heterocycles. The zero-order valence-corrected chi connectivity index (χ0v) is 11.6. The summed E-state index contributed by atoms with van der Waals surface area (Å²) in [7, 11) is 1.72. The molecule has 0 atom stereocenters. The number of para-hydroxylation sites is 1. The van der Waals surface area contributed by atoms with Gasteiger partial charge in [0.1, 0.15) is 6.29 Å². The molecule has 106 valence electrons. The Kier molecular flexibility index (Phi) is 4.90. The maximum absolute atomic E-state index is 11.9. The highest BCUT2D eigenvalue weighted by Crippen LogP contribution is 2.18. The van der Waals surface area contributed by atoms with Crippen LogP contribution in [0.2, 0.25) is 0 Å². The molecule has 0 aliphatic carbocycles. The van der Waals surface area contributed by atoms with Crippen molar-refractivity contribution in [2.75, 3.05) is 26.7 Å². The smallest absolute Gasteiger partial charge is 0.236 e. The first kappa shape index (κ1) is 14.3. The Bertz CT molecular complexity index is 592. The monoisotopic (exact) mass is 273 g/mol. The second-order valence-corrected chi connectivity index (χ2v) is 4.65. The van der Waals surface area contributed by atoms with Crippen molar-refractivity contribution < 1.29 is 9.59 Å². The highest BCUT2D eigenvalue weighted by Gasteiger charge is 2.13. The van der Waals surface area contributed by atoms with E-state index >= 15 is 0 Å². The number of amides is 1. The molecule has 0 unspecified atom stereocenters. The summed E-state index contributed by atoms with van der Waals surface area (Å²) in [5.41, 5.74) is 2.25. The molecule has 1 aromatic carbocycles. The predicted molar refractivity (Wildman–Crippen MR) is 78.6 cm³/mol. The van der Waals surface area contributed by atoms with Gasteiger partial charge in [-0.25, -0.2) is 0 Å². The number of nitrogens with zero attached hydrogens (tertiary/aromatic N) is 1. The van der Waals surface area contributed by atoms with Crippen LogP contribution >= 0.6 is 0 Å². The summed E-state index contributed by atoms with van der Waals surface area (Å²) in [6.45, 7) is 0.936. The molecule has 0 aliphatic heterocycles. The van der Waals surface area contributed by atoms with E-state index in [1.54, 1.807) is 11.9 Å². The van der Waals surface area contributed by atoms with Crippen molar-refractivity contribution in [3.63, 3.8) is 0 Å². The number of likely N-dealkylation sites (N-methyl/N-ethyl adjacent to an activating group) is 1. The number of aromatic nitrogens is 1. The van der Waals surface area contributed by atoms with Crippen LogP contribution in [0.25, 0.3) is 10.9 Å². The summed E-state index contributed by atoms with van der Waals surface area (Å²) in [5, 5.41) is 3.98. The predicted octanol–water partition coefficient (Wildman–Crippen LogP) is 0.957. The maximum atomic E-state index is 11.9. The molecule has 1 amide bonds. The zero-order valence-electron chi connectivity index (χ0n) is 11.6. The highest BCUT2D eigenvalue weighted by atomic mass is 16.2. The fraction of sp³-hybridized carbons (Fsp3) is 0.333. The molecule has 0 saturated carbocycles. The molecular weight excluding hydrogens is 254 g/mol. The largest absolute Gasteiger partial charge is 0.361 e. The lowest BCUT2D eigenvalue weighted by Gasteiger charge is -2.19. The van der Waals surface area contributed by atoms with Crippen molar-refractivity contribution in [3.05, 3.63) is 36.0 Å². The minimum absolute atomic E-state index is 0.0561. The molecular formula is C15H19N3O2. The van der Waals surface area contributed by atoms with E-state index in [4.69, 9.17) is 0 Å². The Balaban J connectivity index is 2.05. The van der Waals surface area contributed by atoms with E-state index in [1.165, 1.54) is 5.39 Å². The third kappa shape index (κ3) is 3.24. The lowest BCUT2D eigenvalue weighted by atomic mass is 10.1. The van der Waals surface area contributed by atoms with Gasteiger partial charge in [0, 0.05) is 23.6 Å². The van der Waals surface area contributed by atoms with Gasteiger partial charge >= 0.3 is 0 Å². The van der Waals surface area contributed by atoms with Crippen LogP contribution in [-0.4, -0.2) is 48.8 Å². The first-order valence-electron chi connectivity index (χ1n) is 6.67. The third-order valence-corrected chi connectivity index (χ3v) is 3.30. The van der Waals surface area contributed by atoms with E-state index in [2.05, 4.69) is 16.4 Å². The summed E-state index contributed by atoms with van der Waals surface area (Å²) in [6.07, 6.45) is 3.46. The van der Waals surface area contributed by atoms with Crippen molar-refractivity contribution in [1.82, 2.24) is 15.2 Å².